The van der Waals surface area contributed by atoms with E-state index in [0.717, 1.165) is 18.4 Å². The first-order chi connectivity index (χ1) is 19.3. The van der Waals surface area contributed by atoms with Gasteiger partial charge in [0.2, 0.25) is 17.8 Å². The highest BCUT2D eigenvalue weighted by Crippen LogP contribution is 2.24. The second-order valence-corrected chi connectivity index (χ2v) is 10.8. The number of rotatable bonds is 10. The number of Topliss-reactive ketones (excluding diaryl/α,β-unsaturated/α-hetero) is 1. The second kappa shape index (κ2) is 12.1. The molecule has 2 aliphatic rings. The van der Waals surface area contributed by atoms with Crippen LogP contribution < -0.4 is 10.6 Å². The first-order valence-corrected chi connectivity index (χ1v) is 13.9. The average molecular weight is 550 g/mol. The lowest BCUT2D eigenvalue weighted by Gasteiger charge is -2.23. The minimum atomic E-state index is -0.409. The van der Waals surface area contributed by atoms with Gasteiger partial charge in [-0.15, -0.1) is 0 Å². The van der Waals surface area contributed by atoms with Gasteiger partial charge in [-0.2, -0.15) is 19.6 Å². The number of amides is 1. The van der Waals surface area contributed by atoms with Gasteiger partial charge >= 0.3 is 0 Å². The fourth-order valence-corrected chi connectivity index (χ4v) is 5.31. The van der Waals surface area contributed by atoms with Crippen LogP contribution in [0.3, 0.4) is 0 Å². The maximum atomic E-state index is 14.6. The van der Waals surface area contributed by atoms with Gasteiger partial charge in [0.1, 0.15) is 11.6 Å². The summed E-state index contributed by atoms with van der Waals surface area (Å²) < 4.78 is 21.7. The summed E-state index contributed by atoms with van der Waals surface area (Å²) in [6.07, 6.45) is 5.54. The van der Waals surface area contributed by atoms with Crippen molar-refractivity contribution in [3.63, 3.8) is 0 Å². The molecule has 0 saturated carbocycles. The number of hydrogen-bond acceptors (Lipinski definition) is 8. The van der Waals surface area contributed by atoms with Crippen molar-refractivity contribution in [3.8, 4) is 0 Å². The van der Waals surface area contributed by atoms with Gasteiger partial charge in [0.25, 0.3) is 0 Å². The van der Waals surface area contributed by atoms with Crippen molar-refractivity contribution in [2.45, 2.75) is 58.0 Å². The lowest BCUT2D eigenvalue weighted by molar-refractivity contribution is -0.125. The molecule has 1 atom stereocenters. The normalized spacial score (nSPS) is 17.9. The topological polar surface area (TPSA) is 114 Å². The molecule has 2 saturated heterocycles. The van der Waals surface area contributed by atoms with Gasteiger partial charge in [-0.1, -0.05) is 26.5 Å². The van der Waals surface area contributed by atoms with E-state index in [1.807, 2.05) is 6.07 Å². The van der Waals surface area contributed by atoms with Crippen LogP contribution >= 0.6 is 0 Å². The minimum absolute atomic E-state index is 0.00275. The molecule has 2 aromatic heterocycles. The summed E-state index contributed by atoms with van der Waals surface area (Å²) in [5, 5.41) is 11.2. The summed E-state index contributed by atoms with van der Waals surface area (Å²) in [4.78, 5) is 35.9. The lowest BCUT2D eigenvalue weighted by Crippen LogP contribution is -2.29. The molecule has 0 spiro atoms. The molecule has 2 fully saturated rings. The Balaban J connectivity index is 1.31. The zero-order chi connectivity index (χ0) is 28.2. The average Bonchev–Trinajstić information content (AvgIpc) is 3.60. The third kappa shape index (κ3) is 6.30. The van der Waals surface area contributed by atoms with Gasteiger partial charge in [-0.05, 0) is 54.5 Å². The van der Waals surface area contributed by atoms with Crippen molar-refractivity contribution in [2.75, 3.05) is 36.9 Å². The maximum Gasteiger partial charge on any atom is 0.245 e. The fourth-order valence-electron chi connectivity index (χ4n) is 5.31. The standard InChI is InChI=1S/C29H36FN7O3/c1-4-26(39)36-8-5-21(17-36)25(38)14-19-11-20(13-22(30)12-19)15-31-29-35-28(33-23-6-9-40-10-7-23)34-27-24(18(2)3)16-32-37(27)29/h4,11-13,16,18,21,23H,1,5-10,14-15,17H2,2-3H3,(H2,31,33,34,35). The number of hydrogen-bond donors (Lipinski definition) is 2. The van der Waals surface area contributed by atoms with Crippen LogP contribution in [-0.2, 0) is 27.3 Å². The highest BCUT2D eigenvalue weighted by Gasteiger charge is 2.30. The van der Waals surface area contributed by atoms with Gasteiger partial charge in [0.05, 0.1) is 6.20 Å². The first-order valence-electron chi connectivity index (χ1n) is 13.9. The van der Waals surface area contributed by atoms with Crippen molar-refractivity contribution < 1.29 is 18.7 Å². The smallest absolute Gasteiger partial charge is 0.245 e. The molecule has 4 heterocycles. The molecule has 2 aliphatic heterocycles. The summed E-state index contributed by atoms with van der Waals surface area (Å²) in [6.45, 7) is 10.3. The monoisotopic (exact) mass is 549 g/mol. The third-order valence-corrected chi connectivity index (χ3v) is 7.55. The van der Waals surface area contributed by atoms with Crippen LogP contribution in [0.5, 0.6) is 0 Å². The number of likely N-dealkylation sites (tertiary alicyclic amines) is 1. The van der Waals surface area contributed by atoms with Gasteiger partial charge in [0, 0.05) is 56.8 Å². The summed E-state index contributed by atoms with van der Waals surface area (Å²) in [5.41, 5.74) is 3.01. The molecule has 1 unspecified atom stereocenters. The van der Waals surface area contributed by atoms with E-state index in [-0.39, 0.29) is 42.5 Å². The van der Waals surface area contributed by atoms with E-state index in [1.165, 1.54) is 18.2 Å². The number of ketones is 1. The number of carbonyl (C=O) groups is 2. The fraction of sp³-hybridized carbons (Fsp3) is 0.483. The molecule has 10 nitrogen and oxygen atoms in total. The summed E-state index contributed by atoms with van der Waals surface area (Å²) in [7, 11) is 0. The molecule has 1 aromatic carbocycles. The summed E-state index contributed by atoms with van der Waals surface area (Å²) >= 11 is 0. The Kier molecular flexibility index (Phi) is 8.39. The van der Waals surface area contributed by atoms with Crippen LogP contribution in [0.4, 0.5) is 16.3 Å². The van der Waals surface area contributed by atoms with Crippen molar-refractivity contribution in [1.82, 2.24) is 24.5 Å². The van der Waals surface area contributed by atoms with E-state index in [0.29, 0.717) is 61.4 Å². The molecule has 1 amide bonds. The van der Waals surface area contributed by atoms with Crippen molar-refractivity contribution in [2.24, 2.45) is 5.92 Å². The molecule has 40 heavy (non-hydrogen) atoms. The van der Waals surface area contributed by atoms with E-state index in [1.54, 1.807) is 15.6 Å². The number of aromatic nitrogens is 4. The number of anilines is 2. The number of carbonyl (C=O) groups excluding carboxylic acids is 2. The minimum Gasteiger partial charge on any atom is -0.381 e. The number of nitrogens with zero attached hydrogens (tertiary/aromatic N) is 5. The molecule has 11 heteroatoms. The van der Waals surface area contributed by atoms with Crippen molar-refractivity contribution in [1.29, 1.82) is 0 Å². The molecule has 212 valence electrons. The molecular formula is C29H36FN7O3. The highest BCUT2D eigenvalue weighted by atomic mass is 19.1. The van der Waals surface area contributed by atoms with E-state index in [4.69, 9.17) is 14.7 Å². The first kappa shape index (κ1) is 27.7. The summed E-state index contributed by atoms with van der Waals surface area (Å²) in [5.74, 6) is 0.399. The summed E-state index contributed by atoms with van der Waals surface area (Å²) in [6, 6.07) is 4.89. The molecular weight excluding hydrogens is 513 g/mol. The van der Waals surface area contributed by atoms with Crippen molar-refractivity contribution >= 4 is 29.2 Å². The van der Waals surface area contributed by atoms with Crippen molar-refractivity contribution in [3.05, 3.63) is 59.6 Å². The Morgan fingerprint density at radius 3 is 2.70 bits per heavy atom. The van der Waals surface area contributed by atoms with Gasteiger partial charge < -0.3 is 20.3 Å². The number of benzene rings is 1. The highest BCUT2D eigenvalue weighted by molar-refractivity contribution is 5.89. The molecule has 2 N–H and O–H groups in total. The molecule has 5 rings (SSSR count). The van der Waals surface area contributed by atoms with Crippen LogP contribution in [0.15, 0.2) is 37.1 Å². The van der Waals surface area contributed by atoms with Crippen LogP contribution in [0.1, 0.15) is 55.7 Å². The Labute approximate surface area is 233 Å². The predicted molar refractivity (Wildman–Crippen MR) is 150 cm³/mol. The Morgan fingerprint density at radius 1 is 1.18 bits per heavy atom. The van der Waals surface area contributed by atoms with E-state index >= 15 is 0 Å². The molecule has 0 aliphatic carbocycles. The number of fused-ring (bicyclic) bond motifs is 1. The number of ether oxygens (including phenoxy) is 1. The van der Waals surface area contributed by atoms with E-state index in [9.17, 15) is 14.0 Å². The van der Waals surface area contributed by atoms with Crippen LogP contribution in [0, 0.1) is 11.7 Å². The maximum absolute atomic E-state index is 14.6. The number of nitrogens with one attached hydrogen (secondary N) is 2. The number of halogens is 1. The van der Waals surface area contributed by atoms with E-state index < -0.39 is 5.82 Å². The van der Waals surface area contributed by atoms with Crippen LogP contribution in [0.2, 0.25) is 0 Å². The van der Waals surface area contributed by atoms with E-state index in [2.05, 4.69) is 36.2 Å². The van der Waals surface area contributed by atoms with Crippen LogP contribution in [-0.4, -0.2) is 68.5 Å². The second-order valence-electron chi connectivity index (χ2n) is 10.8. The Bertz CT molecular complexity index is 1400. The Morgan fingerprint density at radius 2 is 1.95 bits per heavy atom. The zero-order valence-corrected chi connectivity index (χ0v) is 23.0. The predicted octanol–water partition coefficient (Wildman–Crippen LogP) is 3.74. The molecule has 0 radical (unpaired) electrons. The Hall–Kier alpha value is -3.86. The van der Waals surface area contributed by atoms with Gasteiger partial charge in [-0.3, -0.25) is 9.59 Å². The third-order valence-electron chi connectivity index (χ3n) is 7.55. The largest absolute Gasteiger partial charge is 0.381 e. The van der Waals surface area contributed by atoms with Crippen LogP contribution in [0.25, 0.3) is 5.65 Å². The quantitative estimate of drug-likeness (QED) is 0.368. The molecule has 0 bridgehead atoms. The SMILES string of the molecule is C=CC(=O)N1CCC(C(=O)Cc2cc(F)cc(CNc3nc(NC4CCOCC4)nc4c(C(C)C)cnn34)c2)C1. The zero-order valence-electron chi connectivity index (χ0n) is 23.0. The van der Waals surface area contributed by atoms with Gasteiger partial charge in [-0.25, -0.2) is 4.39 Å². The van der Waals surface area contributed by atoms with Gasteiger partial charge in [0.15, 0.2) is 5.65 Å². The lowest BCUT2D eigenvalue weighted by atomic mass is 9.96. The molecule has 3 aromatic rings.